The van der Waals surface area contributed by atoms with Crippen LogP contribution in [0.25, 0.3) is 0 Å². The minimum Gasteiger partial charge on any atom is -0.497 e. The standard InChI is InChI=1S/C14H20N2O3/c1-15-13-9-19-8-12(13)14(17)16(2)10-5-4-6-11(7-10)18-3/h4-7,12-13,15H,8-9H2,1-3H3. The van der Waals surface area contributed by atoms with Crippen LogP contribution in [-0.4, -0.2) is 46.4 Å². The van der Waals surface area contributed by atoms with Crippen LogP contribution in [-0.2, 0) is 9.53 Å². The molecule has 0 aromatic heterocycles. The van der Waals surface area contributed by atoms with Crippen LogP contribution >= 0.6 is 0 Å². The van der Waals surface area contributed by atoms with Crippen molar-refractivity contribution in [1.29, 1.82) is 0 Å². The Bertz CT molecular complexity index is 450. The summed E-state index contributed by atoms with van der Waals surface area (Å²) in [4.78, 5) is 14.1. The van der Waals surface area contributed by atoms with Crippen molar-refractivity contribution >= 4 is 11.6 Å². The van der Waals surface area contributed by atoms with Crippen LogP contribution in [0.2, 0.25) is 0 Å². The monoisotopic (exact) mass is 264 g/mol. The third kappa shape index (κ3) is 2.88. The normalized spacial score (nSPS) is 22.3. The van der Waals surface area contributed by atoms with Gasteiger partial charge in [0.2, 0.25) is 5.91 Å². The summed E-state index contributed by atoms with van der Waals surface area (Å²) in [5.41, 5.74) is 0.825. The summed E-state index contributed by atoms with van der Waals surface area (Å²) in [6.45, 7) is 1.05. The van der Waals surface area contributed by atoms with Gasteiger partial charge in [-0.2, -0.15) is 0 Å². The predicted molar refractivity (Wildman–Crippen MR) is 73.6 cm³/mol. The van der Waals surface area contributed by atoms with Crippen molar-refractivity contribution in [3.63, 3.8) is 0 Å². The average molecular weight is 264 g/mol. The average Bonchev–Trinajstić information content (AvgIpc) is 2.94. The number of methoxy groups -OCH3 is 1. The molecular formula is C14H20N2O3. The summed E-state index contributed by atoms with van der Waals surface area (Å²) in [6, 6.07) is 7.56. The number of benzene rings is 1. The van der Waals surface area contributed by atoms with E-state index in [9.17, 15) is 4.79 Å². The zero-order chi connectivity index (χ0) is 13.8. The fourth-order valence-electron chi connectivity index (χ4n) is 2.28. The summed E-state index contributed by atoms with van der Waals surface area (Å²) in [5.74, 6) is 0.663. The van der Waals surface area contributed by atoms with Crippen LogP contribution < -0.4 is 15.0 Å². The third-order valence-electron chi connectivity index (χ3n) is 3.54. The molecule has 0 bridgehead atoms. The van der Waals surface area contributed by atoms with E-state index < -0.39 is 0 Å². The molecule has 1 aliphatic rings. The highest BCUT2D eigenvalue weighted by Crippen LogP contribution is 2.23. The zero-order valence-corrected chi connectivity index (χ0v) is 11.6. The molecule has 104 valence electrons. The molecule has 0 spiro atoms. The minimum absolute atomic E-state index is 0.0603. The molecule has 2 unspecified atom stereocenters. The number of likely N-dealkylation sites (N-methyl/N-ethyl adjacent to an activating group) is 1. The van der Waals surface area contributed by atoms with E-state index in [-0.39, 0.29) is 17.9 Å². The highest BCUT2D eigenvalue weighted by Gasteiger charge is 2.35. The van der Waals surface area contributed by atoms with Gasteiger partial charge in [-0.15, -0.1) is 0 Å². The smallest absolute Gasteiger partial charge is 0.233 e. The Morgan fingerprint density at radius 1 is 1.47 bits per heavy atom. The maximum atomic E-state index is 12.5. The first-order chi connectivity index (χ1) is 9.17. The molecule has 1 heterocycles. The highest BCUT2D eigenvalue weighted by molar-refractivity contribution is 5.95. The zero-order valence-electron chi connectivity index (χ0n) is 11.6. The number of nitrogens with one attached hydrogen (secondary N) is 1. The summed E-state index contributed by atoms with van der Waals surface area (Å²) >= 11 is 0. The van der Waals surface area contributed by atoms with Gasteiger partial charge < -0.3 is 19.7 Å². The lowest BCUT2D eigenvalue weighted by molar-refractivity contribution is -0.122. The molecule has 1 amide bonds. The van der Waals surface area contributed by atoms with E-state index >= 15 is 0 Å². The van der Waals surface area contributed by atoms with Crippen LogP contribution in [0.4, 0.5) is 5.69 Å². The van der Waals surface area contributed by atoms with Gasteiger partial charge >= 0.3 is 0 Å². The van der Waals surface area contributed by atoms with E-state index in [4.69, 9.17) is 9.47 Å². The molecule has 0 aliphatic carbocycles. The van der Waals surface area contributed by atoms with Gasteiger partial charge in [-0.1, -0.05) is 6.07 Å². The Balaban J connectivity index is 2.13. The molecule has 1 N–H and O–H groups in total. The van der Waals surface area contributed by atoms with E-state index in [0.29, 0.717) is 13.2 Å². The molecule has 19 heavy (non-hydrogen) atoms. The van der Waals surface area contributed by atoms with Crippen LogP contribution in [0.3, 0.4) is 0 Å². The van der Waals surface area contributed by atoms with Gasteiger partial charge in [-0.05, 0) is 19.2 Å². The third-order valence-corrected chi connectivity index (χ3v) is 3.54. The topological polar surface area (TPSA) is 50.8 Å². The number of hydrogen-bond acceptors (Lipinski definition) is 4. The van der Waals surface area contributed by atoms with Crippen molar-refractivity contribution in [2.75, 3.05) is 39.3 Å². The van der Waals surface area contributed by atoms with E-state index in [0.717, 1.165) is 11.4 Å². The van der Waals surface area contributed by atoms with Gasteiger partial charge in [0.25, 0.3) is 0 Å². The van der Waals surface area contributed by atoms with Crippen molar-refractivity contribution < 1.29 is 14.3 Å². The van der Waals surface area contributed by atoms with Crippen LogP contribution in [0, 0.1) is 5.92 Å². The van der Waals surface area contributed by atoms with E-state index in [1.807, 2.05) is 31.3 Å². The lowest BCUT2D eigenvalue weighted by Crippen LogP contribution is -2.43. The molecule has 0 radical (unpaired) electrons. The maximum absolute atomic E-state index is 12.5. The number of rotatable bonds is 4. The van der Waals surface area contributed by atoms with Gasteiger partial charge in [0, 0.05) is 24.8 Å². The first kappa shape index (κ1) is 13.8. The molecular weight excluding hydrogens is 244 g/mol. The van der Waals surface area contributed by atoms with Crippen LogP contribution in [0.5, 0.6) is 5.75 Å². The van der Waals surface area contributed by atoms with Crippen molar-refractivity contribution in [1.82, 2.24) is 5.32 Å². The van der Waals surface area contributed by atoms with Crippen molar-refractivity contribution in [2.45, 2.75) is 6.04 Å². The number of carbonyl (C=O) groups excluding carboxylic acids is 1. The highest BCUT2D eigenvalue weighted by atomic mass is 16.5. The van der Waals surface area contributed by atoms with E-state index in [2.05, 4.69) is 5.32 Å². The van der Waals surface area contributed by atoms with Gasteiger partial charge in [0.1, 0.15) is 5.75 Å². The first-order valence-corrected chi connectivity index (χ1v) is 6.34. The summed E-state index contributed by atoms with van der Waals surface area (Å²) in [7, 11) is 5.25. The summed E-state index contributed by atoms with van der Waals surface area (Å²) in [5, 5.41) is 3.13. The molecule has 5 nitrogen and oxygen atoms in total. The number of hydrogen-bond donors (Lipinski definition) is 1. The molecule has 2 atom stereocenters. The fourth-order valence-corrected chi connectivity index (χ4v) is 2.28. The molecule has 5 heteroatoms. The van der Waals surface area contributed by atoms with Gasteiger partial charge in [0.05, 0.1) is 26.2 Å². The molecule has 1 aromatic rings. The Hall–Kier alpha value is -1.59. The second-order valence-electron chi connectivity index (χ2n) is 4.64. The first-order valence-electron chi connectivity index (χ1n) is 6.34. The number of carbonyl (C=O) groups is 1. The van der Waals surface area contributed by atoms with Crippen molar-refractivity contribution in [3.05, 3.63) is 24.3 Å². The Kier molecular flexibility index (Phi) is 4.39. The maximum Gasteiger partial charge on any atom is 0.233 e. The van der Waals surface area contributed by atoms with Gasteiger partial charge in [-0.3, -0.25) is 4.79 Å². The Morgan fingerprint density at radius 2 is 2.26 bits per heavy atom. The second kappa shape index (κ2) is 6.04. The second-order valence-corrected chi connectivity index (χ2v) is 4.64. The van der Waals surface area contributed by atoms with Gasteiger partial charge in [-0.25, -0.2) is 0 Å². The minimum atomic E-state index is -0.138. The van der Waals surface area contributed by atoms with Crippen molar-refractivity contribution in [3.8, 4) is 5.75 Å². The molecule has 0 saturated carbocycles. The fraction of sp³-hybridized carbons (Fsp3) is 0.500. The van der Waals surface area contributed by atoms with Crippen molar-refractivity contribution in [2.24, 2.45) is 5.92 Å². The summed E-state index contributed by atoms with van der Waals surface area (Å²) < 4.78 is 10.6. The van der Waals surface area contributed by atoms with E-state index in [1.54, 1.807) is 19.1 Å². The number of anilines is 1. The molecule has 1 fully saturated rings. The largest absolute Gasteiger partial charge is 0.497 e. The van der Waals surface area contributed by atoms with Gasteiger partial charge in [0.15, 0.2) is 0 Å². The Morgan fingerprint density at radius 3 is 2.95 bits per heavy atom. The molecule has 2 rings (SSSR count). The molecule has 1 aliphatic heterocycles. The predicted octanol–water partition coefficient (Wildman–Crippen LogP) is 0.892. The number of nitrogens with zero attached hydrogens (tertiary/aromatic N) is 1. The van der Waals surface area contributed by atoms with Crippen LogP contribution in [0.1, 0.15) is 0 Å². The van der Waals surface area contributed by atoms with Crippen LogP contribution in [0.15, 0.2) is 24.3 Å². The SMILES string of the molecule is CNC1COCC1C(=O)N(C)c1cccc(OC)c1. The lowest BCUT2D eigenvalue weighted by Gasteiger charge is -2.24. The quantitative estimate of drug-likeness (QED) is 0.877. The molecule has 1 saturated heterocycles. The Labute approximate surface area is 113 Å². The lowest BCUT2D eigenvalue weighted by atomic mass is 10.0. The summed E-state index contributed by atoms with van der Waals surface area (Å²) in [6.07, 6.45) is 0. The van der Waals surface area contributed by atoms with E-state index in [1.165, 1.54) is 0 Å². The number of amides is 1. The number of ether oxygens (including phenoxy) is 2. The molecule has 1 aromatic carbocycles.